The summed E-state index contributed by atoms with van der Waals surface area (Å²) in [5.74, 6) is -0.247. The summed E-state index contributed by atoms with van der Waals surface area (Å²) < 4.78 is 0. The molecule has 8 aromatic carbocycles. The zero-order chi connectivity index (χ0) is 45.5. The van der Waals surface area contributed by atoms with Crippen LogP contribution >= 0.6 is 0 Å². The average molecular weight is 1110 g/mol. The van der Waals surface area contributed by atoms with Gasteiger partial charge in [0.2, 0.25) is 0 Å². The second-order valence-electron chi connectivity index (χ2n) is 13.8. The number of fused-ring (bicyclic) bond motifs is 4. The Morgan fingerprint density at radius 2 is 0.471 bits per heavy atom. The minimum atomic E-state index is -0.255. The fraction of sp³-hybridized carbons (Fsp3) is 0.154. The van der Waals surface area contributed by atoms with Gasteiger partial charge in [-0.2, -0.15) is 0 Å². The molecule has 68 heavy (non-hydrogen) atoms. The van der Waals surface area contributed by atoms with Crippen LogP contribution in [0.5, 0.6) is 23.0 Å². The summed E-state index contributed by atoms with van der Waals surface area (Å²) in [4.78, 5) is 15.7. The van der Waals surface area contributed by atoms with Crippen LogP contribution < -0.4 is 40.9 Å². The monoisotopic (exact) mass is 1100 g/mol. The van der Waals surface area contributed by atoms with Gasteiger partial charge >= 0.3 is 68.3 Å². The van der Waals surface area contributed by atoms with Gasteiger partial charge in [0, 0.05) is 51.0 Å². The van der Waals surface area contributed by atoms with Gasteiger partial charge in [0.05, 0.1) is 0 Å². The number of benzene rings is 8. The zero-order valence-corrected chi connectivity index (χ0v) is 39.9. The topological polar surface area (TPSA) is 234 Å². The van der Waals surface area contributed by atoms with Crippen molar-refractivity contribution in [3.63, 3.8) is 0 Å². The Bertz CT molecular complexity index is 2490. The third-order valence-corrected chi connectivity index (χ3v) is 9.49. The van der Waals surface area contributed by atoms with Crippen LogP contribution in [-0.4, -0.2) is 77.5 Å². The van der Waals surface area contributed by atoms with E-state index in [0.717, 1.165) is 43.1 Å². The predicted molar refractivity (Wildman–Crippen MR) is 243 cm³/mol. The SMILES string of the molecule is [Cu+2].[Cu+2].[Cu+2].[Cu+2].[O-]CCN=Cc1c([O-])ccc2ccccc12.[O-]CCN=Cc1c([O-])ccc2ccccc12.[O-]CCN=Cc1c([O-])ccc2ccccc12.[O-]CCN=Cc1c([O-])ccc2ccccc12. The molecule has 0 fully saturated rings. The Balaban J connectivity index is 0.000000445. The van der Waals surface area contributed by atoms with Gasteiger partial charge in [-0.3, -0.25) is 20.0 Å². The maximum absolute atomic E-state index is 11.7. The molecule has 0 N–H and O–H groups in total. The molecule has 0 saturated heterocycles. The maximum Gasteiger partial charge on any atom is 2.00 e. The molecule has 0 heterocycles. The van der Waals surface area contributed by atoms with Crippen molar-refractivity contribution in [2.75, 3.05) is 52.6 Å². The van der Waals surface area contributed by atoms with E-state index in [9.17, 15) is 40.9 Å². The molecular weight excluding hydrogens is 1060 g/mol. The summed E-state index contributed by atoms with van der Waals surface area (Å²) in [6.45, 7) is -0.174. The van der Waals surface area contributed by atoms with E-state index in [1.54, 1.807) is 24.3 Å². The Hall–Kier alpha value is -5.40. The first kappa shape index (κ1) is 60.6. The Labute approximate surface area is 437 Å². The average Bonchev–Trinajstić information content (AvgIpc) is 3.32. The van der Waals surface area contributed by atoms with E-state index in [1.807, 2.05) is 97.1 Å². The summed E-state index contributed by atoms with van der Waals surface area (Å²) >= 11 is 0. The van der Waals surface area contributed by atoms with E-state index in [2.05, 4.69) is 20.0 Å². The van der Waals surface area contributed by atoms with Gasteiger partial charge in [0.15, 0.2) is 0 Å². The van der Waals surface area contributed by atoms with Crippen molar-refractivity contribution in [3.8, 4) is 23.0 Å². The molecule has 0 atom stereocenters. The largest absolute Gasteiger partial charge is 2.00 e. The molecule has 16 heteroatoms. The third kappa shape index (κ3) is 17.6. The van der Waals surface area contributed by atoms with Crippen molar-refractivity contribution < 1.29 is 109 Å². The fourth-order valence-corrected chi connectivity index (χ4v) is 6.47. The van der Waals surface area contributed by atoms with Crippen molar-refractivity contribution in [2.24, 2.45) is 20.0 Å². The Morgan fingerprint density at radius 3 is 0.662 bits per heavy atom. The fourth-order valence-electron chi connectivity index (χ4n) is 6.47. The van der Waals surface area contributed by atoms with Gasteiger partial charge in [-0.1, -0.05) is 169 Å². The number of aliphatic imine (C=N–C) groups is 4. The van der Waals surface area contributed by atoms with Crippen molar-refractivity contribution in [1.29, 1.82) is 0 Å². The molecule has 0 spiro atoms. The molecular formula is C52H44Cu4N4O8. The normalized spacial score (nSPS) is 10.6. The van der Waals surface area contributed by atoms with Crippen molar-refractivity contribution >= 4 is 67.9 Å². The van der Waals surface area contributed by atoms with Gasteiger partial charge in [0.1, 0.15) is 0 Å². The van der Waals surface area contributed by atoms with Crippen LogP contribution in [-0.2, 0) is 68.3 Å². The summed E-state index contributed by atoms with van der Waals surface area (Å²) in [6, 6.07) is 43.8. The zero-order valence-electron chi connectivity index (χ0n) is 36.1. The van der Waals surface area contributed by atoms with Gasteiger partial charge in [-0.05, 0) is 65.3 Å². The molecule has 364 valence electrons. The molecule has 0 aliphatic heterocycles. The molecule has 0 aromatic heterocycles. The number of nitrogens with zero attached hydrogens (tertiary/aromatic N) is 4. The van der Waals surface area contributed by atoms with Gasteiger partial charge in [-0.25, -0.2) is 0 Å². The van der Waals surface area contributed by atoms with Crippen molar-refractivity contribution in [2.45, 2.75) is 0 Å². The van der Waals surface area contributed by atoms with Crippen molar-refractivity contribution in [1.82, 2.24) is 0 Å². The van der Waals surface area contributed by atoms with Crippen molar-refractivity contribution in [3.05, 3.63) is 168 Å². The summed E-state index contributed by atoms with van der Waals surface area (Å²) in [6.07, 6.45) is 6.01. The second-order valence-corrected chi connectivity index (χ2v) is 13.8. The standard InChI is InChI=1S/4C13H12NO2.4Cu/c4*15-8-7-14-9-12-11-4-2-1-3-10(11)5-6-13(12)16;;;;/h4*1-6,9,16H,7-8H2;;;;/q4*-1;4*+2/p-4. The molecule has 0 bridgehead atoms. The smallest absolute Gasteiger partial charge is 0.872 e. The number of hydrogen-bond acceptors (Lipinski definition) is 12. The minimum Gasteiger partial charge on any atom is -0.872 e. The molecule has 0 aliphatic rings. The van der Waals surface area contributed by atoms with Crippen LogP contribution in [0.15, 0.2) is 166 Å². The van der Waals surface area contributed by atoms with Gasteiger partial charge in [0.25, 0.3) is 0 Å². The molecule has 8 rings (SSSR count). The van der Waals surface area contributed by atoms with Crippen LogP contribution in [0, 0.1) is 0 Å². The molecule has 0 unspecified atom stereocenters. The quantitative estimate of drug-likeness (QED) is 0.130. The second kappa shape index (κ2) is 33.2. The van der Waals surface area contributed by atoms with E-state index in [1.165, 1.54) is 49.1 Å². The first-order valence-corrected chi connectivity index (χ1v) is 20.4. The van der Waals surface area contributed by atoms with Gasteiger partial charge in [-0.15, -0.1) is 26.4 Å². The molecule has 0 aliphatic carbocycles. The minimum absolute atomic E-state index is 0. The van der Waals surface area contributed by atoms with E-state index in [-0.39, 0.29) is 144 Å². The van der Waals surface area contributed by atoms with Crippen LogP contribution in [0.3, 0.4) is 0 Å². The van der Waals surface area contributed by atoms with Crippen LogP contribution in [0.1, 0.15) is 22.3 Å². The summed E-state index contributed by atoms with van der Waals surface area (Å²) in [5.41, 5.74) is 2.25. The van der Waals surface area contributed by atoms with E-state index in [4.69, 9.17) is 0 Å². The van der Waals surface area contributed by atoms with E-state index < -0.39 is 0 Å². The molecule has 0 amide bonds. The first-order chi connectivity index (χ1) is 31.3. The van der Waals surface area contributed by atoms with E-state index in [0.29, 0.717) is 22.3 Å². The van der Waals surface area contributed by atoms with Crippen LogP contribution in [0.2, 0.25) is 0 Å². The molecule has 8 aromatic rings. The van der Waals surface area contributed by atoms with Crippen LogP contribution in [0.25, 0.3) is 43.1 Å². The Morgan fingerprint density at radius 1 is 0.279 bits per heavy atom. The van der Waals surface area contributed by atoms with E-state index >= 15 is 0 Å². The predicted octanol–water partition coefficient (Wildman–Crippen LogP) is 2.76. The third-order valence-electron chi connectivity index (χ3n) is 9.49. The van der Waals surface area contributed by atoms with Crippen LogP contribution in [0.4, 0.5) is 0 Å². The number of hydrogen-bond donors (Lipinski definition) is 0. The number of rotatable bonds is 12. The molecule has 12 nitrogen and oxygen atoms in total. The van der Waals surface area contributed by atoms with Gasteiger partial charge < -0.3 is 40.9 Å². The summed E-state index contributed by atoms with van der Waals surface area (Å²) in [5, 5.41) is 95.3. The maximum atomic E-state index is 11.7. The Kier molecular flexibility index (Phi) is 29.6. The summed E-state index contributed by atoms with van der Waals surface area (Å²) in [7, 11) is 0. The molecule has 4 radical (unpaired) electrons. The molecule has 0 saturated carbocycles. The first-order valence-electron chi connectivity index (χ1n) is 20.4.